The molecule has 5 heteroatoms. The van der Waals surface area contributed by atoms with Crippen LogP contribution in [0.3, 0.4) is 0 Å². The fraction of sp³-hybridized carbons (Fsp3) is 0.0909. The van der Waals surface area contributed by atoms with Gasteiger partial charge in [-0.25, -0.2) is 4.98 Å². The van der Waals surface area contributed by atoms with Gasteiger partial charge in [0, 0.05) is 22.4 Å². The van der Waals surface area contributed by atoms with Crippen molar-refractivity contribution >= 4 is 34.6 Å². The number of rotatable bonds is 3. The fourth-order valence-electron chi connectivity index (χ4n) is 2.77. The average molecular weight is 377 g/mol. The van der Waals surface area contributed by atoms with Gasteiger partial charge in [0.15, 0.2) is 5.58 Å². The first-order valence-corrected chi connectivity index (χ1v) is 8.88. The number of phenols is 1. The van der Waals surface area contributed by atoms with Gasteiger partial charge in [0.1, 0.15) is 11.3 Å². The Morgan fingerprint density at radius 1 is 1.00 bits per heavy atom. The number of aryl methyl sites for hydroxylation is 2. The van der Waals surface area contributed by atoms with E-state index in [-0.39, 0.29) is 5.75 Å². The van der Waals surface area contributed by atoms with E-state index in [1.165, 1.54) is 11.1 Å². The highest BCUT2D eigenvalue weighted by Gasteiger charge is 2.09. The second kappa shape index (κ2) is 6.89. The number of phenolic OH excluding ortho intramolecular Hbond substituents is 1. The van der Waals surface area contributed by atoms with Gasteiger partial charge in [-0.05, 0) is 73.5 Å². The molecule has 0 fully saturated rings. The lowest BCUT2D eigenvalue weighted by Crippen LogP contribution is -1.83. The van der Waals surface area contributed by atoms with Crippen molar-refractivity contribution < 1.29 is 9.52 Å². The number of hydrogen-bond acceptors (Lipinski definition) is 4. The second-order valence-electron chi connectivity index (χ2n) is 6.43. The van der Waals surface area contributed by atoms with Crippen LogP contribution >= 0.6 is 11.6 Å². The van der Waals surface area contributed by atoms with E-state index in [2.05, 4.69) is 36.0 Å². The Morgan fingerprint density at radius 3 is 2.67 bits per heavy atom. The van der Waals surface area contributed by atoms with Gasteiger partial charge in [-0.1, -0.05) is 17.7 Å². The van der Waals surface area contributed by atoms with Crippen LogP contribution in [-0.2, 0) is 0 Å². The molecule has 1 aromatic heterocycles. The van der Waals surface area contributed by atoms with E-state index in [1.807, 2.05) is 24.3 Å². The third-order valence-electron chi connectivity index (χ3n) is 4.47. The molecular formula is C22H17ClN2O2. The first kappa shape index (κ1) is 17.3. The summed E-state index contributed by atoms with van der Waals surface area (Å²) < 4.78 is 5.88. The first-order chi connectivity index (χ1) is 13.0. The highest BCUT2D eigenvalue weighted by atomic mass is 35.5. The highest BCUT2D eigenvalue weighted by Crippen LogP contribution is 2.28. The van der Waals surface area contributed by atoms with E-state index < -0.39 is 0 Å². The van der Waals surface area contributed by atoms with Crippen molar-refractivity contribution in [2.45, 2.75) is 13.8 Å². The molecule has 3 aromatic carbocycles. The molecule has 0 aliphatic carbocycles. The van der Waals surface area contributed by atoms with Crippen molar-refractivity contribution in [2.24, 2.45) is 4.99 Å². The van der Waals surface area contributed by atoms with Gasteiger partial charge in [-0.15, -0.1) is 0 Å². The van der Waals surface area contributed by atoms with Gasteiger partial charge in [0.25, 0.3) is 0 Å². The maximum absolute atomic E-state index is 9.88. The quantitative estimate of drug-likeness (QED) is 0.432. The molecular weight excluding hydrogens is 360 g/mol. The van der Waals surface area contributed by atoms with Gasteiger partial charge >= 0.3 is 0 Å². The van der Waals surface area contributed by atoms with Gasteiger partial charge in [0.2, 0.25) is 5.89 Å². The zero-order valence-corrected chi connectivity index (χ0v) is 15.7. The van der Waals surface area contributed by atoms with Gasteiger partial charge in [-0.2, -0.15) is 0 Å². The summed E-state index contributed by atoms with van der Waals surface area (Å²) in [6.07, 6.45) is 1.58. The molecule has 4 rings (SSSR count). The molecule has 27 heavy (non-hydrogen) atoms. The summed E-state index contributed by atoms with van der Waals surface area (Å²) in [5.41, 5.74) is 6.07. The van der Waals surface area contributed by atoms with Crippen molar-refractivity contribution in [3.63, 3.8) is 0 Å². The van der Waals surface area contributed by atoms with E-state index >= 15 is 0 Å². The summed E-state index contributed by atoms with van der Waals surface area (Å²) in [5, 5.41) is 10.4. The Balaban J connectivity index is 1.67. The minimum absolute atomic E-state index is 0.127. The summed E-state index contributed by atoms with van der Waals surface area (Å²) in [4.78, 5) is 9.00. The Hall–Kier alpha value is -3.11. The lowest BCUT2D eigenvalue weighted by Gasteiger charge is -2.01. The van der Waals surface area contributed by atoms with Crippen molar-refractivity contribution in [1.82, 2.24) is 4.98 Å². The third-order valence-corrected chi connectivity index (χ3v) is 4.70. The number of aromatic nitrogens is 1. The summed E-state index contributed by atoms with van der Waals surface area (Å²) in [5.74, 6) is 0.712. The lowest BCUT2D eigenvalue weighted by molar-refractivity contribution is 0.474. The van der Waals surface area contributed by atoms with Crippen LogP contribution in [0.25, 0.3) is 22.6 Å². The van der Waals surface area contributed by atoms with Gasteiger partial charge in [0.05, 0.1) is 5.69 Å². The molecule has 0 bridgehead atoms. The maximum atomic E-state index is 9.88. The zero-order valence-electron chi connectivity index (χ0n) is 14.9. The van der Waals surface area contributed by atoms with Crippen molar-refractivity contribution in [3.05, 3.63) is 76.3 Å². The molecule has 0 amide bonds. The standard InChI is InChI=1S/C22H17ClN2O2/c1-13-3-4-15(9-14(13)2)22-25-19-11-18(6-8-21(19)27-22)24-12-16-10-17(23)5-7-20(16)26/h3-12,26H,1-2H3. The van der Waals surface area contributed by atoms with Gasteiger partial charge in [-0.3, -0.25) is 4.99 Å². The molecule has 0 saturated carbocycles. The van der Waals surface area contributed by atoms with Crippen LogP contribution in [-0.4, -0.2) is 16.3 Å². The topological polar surface area (TPSA) is 58.6 Å². The second-order valence-corrected chi connectivity index (χ2v) is 6.87. The van der Waals surface area contributed by atoms with Crippen molar-refractivity contribution in [2.75, 3.05) is 0 Å². The van der Waals surface area contributed by atoms with Crippen LogP contribution in [0.5, 0.6) is 5.75 Å². The summed E-state index contributed by atoms with van der Waals surface area (Å²) in [6.45, 7) is 4.15. The molecule has 0 aliphatic heterocycles. The van der Waals surface area contributed by atoms with E-state index in [1.54, 1.807) is 24.4 Å². The number of aromatic hydroxyl groups is 1. The molecule has 134 valence electrons. The number of hydrogen-bond donors (Lipinski definition) is 1. The molecule has 0 unspecified atom stereocenters. The van der Waals surface area contributed by atoms with E-state index in [0.29, 0.717) is 27.7 Å². The molecule has 4 nitrogen and oxygen atoms in total. The van der Waals surface area contributed by atoms with Crippen LogP contribution in [0.2, 0.25) is 5.02 Å². The van der Waals surface area contributed by atoms with Crippen molar-refractivity contribution in [3.8, 4) is 17.2 Å². The lowest BCUT2D eigenvalue weighted by atomic mass is 10.1. The maximum Gasteiger partial charge on any atom is 0.227 e. The van der Waals surface area contributed by atoms with Crippen LogP contribution < -0.4 is 0 Å². The van der Waals surface area contributed by atoms with Crippen LogP contribution in [0.1, 0.15) is 16.7 Å². The number of fused-ring (bicyclic) bond motifs is 1. The largest absolute Gasteiger partial charge is 0.507 e. The Morgan fingerprint density at radius 2 is 1.85 bits per heavy atom. The smallest absolute Gasteiger partial charge is 0.227 e. The zero-order chi connectivity index (χ0) is 19.0. The summed E-state index contributed by atoms with van der Waals surface area (Å²) in [7, 11) is 0. The van der Waals surface area contributed by atoms with Crippen LogP contribution in [0.15, 0.2) is 64.0 Å². The molecule has 1 N–H and O–H groups in total. The summed E-state index contributed by atoms with van der Waals surface area (Å²) >= 11 is 5.96. The minimum Gasteiger partial charge on any atom is -0.507 e. The number of halogens is 1. The SMILES string of the molecule is Cc1ccc(-c2nc3cc(N=Cc4cc(Cl)ccc4O)ccc3o2)cc1C. The van der Waals surface area contributed by atoms with Crippen LogP contribution in [0, 0.1) is 13.8 Å². The molecule has 1 heterocycles. The Bertz CT molecular complexity index is 1180. The highest BCUT2D eigenvalue weighted by molar-refractivity contribution is 6.30. The van der Waals surface area contributed by atoms with E-state index in [0.717, 1.165) is 11.1 Å². The monoisotopic (exact) mass is 376 g/mol. The Kier molecular flexibility index (Phi) is 4.42. The number of oxazole rings is 1. The molecule has 0 saturated heterocycles. The fourth-order valence-corrected chi connectivity index (χ4v) is 2.95. The summed E-state index contributed by atoms with van der Waals surface area (Å²) in [6, 6.07) is 16.5. The normalized spacial score (nSPS) is 11.5. The molecule has 0 spiro atoms. The van der Waals surface area contributed by atoms with E-state index in [4.69, 9.17) is 16.0 Å². The average Bonchev–Trinajstić information content (AvgIpc) is 3.08. The number of benzene rings is 3. The predicted molar refractivity (Wildman–Crippen MR) is 109 cm³/mol. The van der Waals surface area contributed by atoms with Gasteiger partial charge < -0.3 is 9.52 Å². The third kappa shape index (κ3) is 3.57. The van der Waals surface area contributed by atoms with E-state index in [9.17, 15) is 5.11 Å². The van der Waals surface area contributed by atoms with Crippen molar-refractivity contribution in [1.29, 1.82) is 0 Å². The molecule has 0 aliphatic rings. The molecule has 0 atom stereocenters. The Labute approximate surface area is 161 Å². The molecule has 4 aromatic rings. The van der Waals surface area contributed by atoms with Crippen LogP contribution in [0.4, 0.5) is 5.69 Å². The minimum atomic E-state index is 0.127. The number of nitrogens with zero attached hydrogens (tertiary/aromatic N) is 2. The predicted octanol–water partition coefficient (Wildman–Crippen LogP) is 6.22. The number of aliphatic imine (C=N–C) groups is 1. The first-order valence-electron chi connectivity index (χ1n) is 8.50. The molecule has 0 radical (unpaired) electrons.